The molecule has 9 heteroatoms. The van der Waals surface area contributed by atoms with Gasteiger partial charge in [-0.15, -0.1) is 24.0 Å². The molecule has 1 rings (SSSR count). The molecule has 0 aromatic carbocycles. The molecule has 1 aliphatic rings. The normalized spacial score (nSPS) is 15.0. The van der Waals surface area contributed by atoms with E-state index in [9.17, 15) is 8.42 Å². The molecule has 0 spiro atoms. The quantitative estimate of drug-likeness (QED) is 0.178. The Hall–Kier alpha value is -0.130. The van der Waals surface area contributed by atoms with Gasteiger partial charge in [0.05, 0.1) is 19.0 Å². The number of nitrogens with one attached hydrogen (secondary N) is 2. The van der Waals surface area contributed by atoms with Gasteiger partial charge in [-0.2, -0.15) is 0 Å². The summed E-state index contributed by atoms with van der Waals surface area (Å²) >= 11 is 0. The fourth-order valence-electron chi connectivity index (χ4n) is 1.79. The zero-order valence-electron chi connectivity index (χ0n) is 14.8. The van der Waals surface area contributed by atoms with E-state index >= 15 is 0 Å². The Bertz CT molecular complexity index is 442. The van der Waals surface area contributed by atoms with Gasteiger partial charge in [0.15, 0.2) is 5.96 Å². The highest BCUT2D eigenvalue weighted by Crippen LogP contribution is 2.28. The van der Waals surface area contributed by atoms with Crippen molar-refractivity contribution in [1.82, 2.24) is 10.6 Å². The number of hydrogen-bond donors (Lipinski definition) is 2. The van der Waals surface area contributed by atoms with E-state index in [-0.39, 0.29) is 36.3 Å². The Morgan fingerprint density at radius 2 is 1.92 bits per heavy atom. The van der Waals surface area contributed by atoms with Crippen molar-refractivity contribution in [3.8, 4) is 0 Å². The Labute approximate surface area is 163 Å². The van der Waals surface area contributed by atoms with Crippen molar-refractivity contribution < 1.29 is 17.9 Å². The summed E-state index contributed by atoms with van der Waals surface area (Å²) in [5.41, 5.74) is 0. The molecule has 0 aromatic rings. The minimum atomic E-state index is -2.95. The van der Waals surface area contributed by atoms with Gasteiger partial charge in [-0.05, 0) is 32.1 Å². The molecule has 0 unspecified atom stereocenters. The van der Waals surface area contributed by atoms with E-state index < -0.39 is 9.84 Å². The molecular formula is C15H32IN3O4S. The number of guanidine groups is 1. The maximum absolute atomic E-state index is 11.0. The predicted octanol–water partition coefficient (Wildman–Crippen LogP) is 1.04. The number of nitrogens with zero attached hydrogens (tertiary/aromatic N) is 1. The maximum atomic E-state index is 11.0. The lowest BCUT2D eigenvalue weighted by Crippen LogP contribution is -2.39. The third kappa shape index (κ3) is 15.4. The minimum absolute atomic E-state index is 0. The molecule has 0 radical (unpaired) electrons. The highest BCUT2D eigenvalue weighted by Gasteiger charge is 2.20. The summed E-state index contributed by atoms with van der Waals surface area (Å²) in [6.45, 7) is 6.44. The van der Waals surface area contributed by atoms with Gasteiger partial charge in [0.2, 0.25) is 0 Å². The Morgan fingerprint density at radius 1 is 1.17 bits per heavy atom. The lowest BCUT2D eigenvalue weighted by atomic mass is 10.4. The first-order valence-electron chi connectivity index (χ1n) is 8.36. The Kier molecular flexibility index (Phi) is 14.0. The third-order valence-electron chi connectivity index (χ3n) is 3.25. The van der Waals surface area contributed by atoms with Crippen LogP contribution in [-0.2, 0) is 19.3 Å². The van der Waals surface area contributed by atoms with Crippen LogP contribution >= 0.6 is 24.0 Å². The average molecular weight is 477 g/mol. The molecular weight excluding hydrogens is 445 g/mol. The lowest BCUT2D eigenvalue weighted by molar-refractivity contribution is 0.123. The van der Waals surface area contributed by atoms with Crippen molar-refractivity contribution in [1.29, 1.82) is 0 Å². The number of hydrogen-bond acceptors (Lipinski definition) is 5. The van der Waals surface area contributed by atoms with Crippen molar-refractivity contribution in [3.63, 3.8) is 0 Å². The van der Waals surface area contributed by atoms with Crippen molar-refractivity contribution >= 4 is 39.8 Å². The van der Waals surface area contributed by atoms with E-state index in [0.29, 0.717) is 13.2 Å². The minimum Gasteiger partial charge on any atom is -0.381 e. The fourth-order valence-corrected chi connectivity index (χ4v) is 2.21. The number of aliphatic imine (C=N–C) groups is 1. The second-order valence-electron chi connectivity index (χ2n) is 5.80. The van der Waals surface area contributed by atoms with Gasteiger partial charge in [0.1, 0.15) is 9.84 Å². The fraction of sp³-hybridized carbons (Fsp3) is 0.933. The summed E-state index contributed by atoms with van der Waals surface area (Å²) < 4.78 is 32.8. The van der Waals surface area contributed by atoms with Gasteiger partial charge < -0.3 is 20.1 Å². The Morgan fingerprint density at radius 3 is 2.54 bits per heavy atom. The predicted molar refractivity (Wildman–Crippen MR) is 108 cm³/mol. The molecule has 144 valence electrons. The highest BCUT2D eigenvalue weighted by molar-refractivity contribution is 14.0. The first kappa shape index (κ1) is 23.9. The van der Waals surface area contributed by atoms with Crippen LogP contribution in [0.15, 0.2) is 4.99 Å². The zero-order valence-corrected chi connectivity index (χ0v) is 17.9. The summed E-state index contributed by atoms with van der Waals surface area (Å²) in [6, 6.07) is 0. The van der Waals surface area contributed by atoms with E-state index in [1.54, 1.807) is 0 Å². The van der Waals surface area contributed by atoms with Gasteiger partial charge in [-0.1, -0.05) is 0 Å². The average Bonchev–Trinajstić information content (AvgIpc) is 3.29. The van der Waals surface area contributed by atoms with E-state index in [2.05, 4.69) is 15.6 Å². The first-order valence-corrected chi connectivity index (χ1v) is 10.4. The van der Waals surface area contributed by atoms with Crippen LogP contribution in [0.25, 0.3) is 0 Å². The molecule has 0 aromatic heterocycles. The molecule has 0 aliphatic heterocycles. The molecule has 0 amide bonds. The summed E-state index contributed by atoms with van der Waals surface area (Å²) in [6.07, 6.45) is 4.75. The SMILES string of the molecule is CCNC(=NCCCOCC1CC1)NCCOCCS(C)(=O)=O.I. The molecule has 0 atom stereocenters. The van der Waals surface area contributed by atoms with Gasteiger partial charge in [-0.25, -0.2) is 8.42 Å². The van der Waals surface area contributed by atoms with Crippen LogP contribution in [-0.4, -0.2) is 72.4 Å². The zero-order chi connectivity index (χ0) is 17.0. The van der Waals surface area contributed by atoms with Gasteiger partial charge in [0, 0.05) is 39.1 Å². The van der Waals surface area contributed by atoms with E-state index in [1.165, 1.54) is 19.1 Å². The summed E-state index contributed by atoms with van der Waals surface area (Å²) in [4.78, 5) is 4.47. The molecule has 7 nitrogen and oxygen atoms in total. The summed E-state index contributed by atoms with van der Waals surface area (Å²) in [5.74, 6) is 1.61. The molecule has 2 N–H and O–H groups in total. The number of ether oxygens (including phenoxy) is 2. The molecule has 0 heterocycles. The topological polar surface area (TPSA) is 89.0 Å². The molecule has 1 saturated carbocycles. The molecule has 1 fully saturated rings. The van der Waals surface area contributed by atoms with E-state index in [0.717, 1.165) is 44.6 Å². The van der Waals surface area contributed by atoms with Crippen molar-refractivity contribution in [2.75, 3.05) is 58.1 Å². The molecule has 1 aliphatic carbocycles. The van der Waals surface area contributed by atoms with Crippen molar-refractivity contribution in [2.45, 2.75) is 26.2 Å². The summed E-state index contributed by atoms with van der Waals surface area (Å²) in [7, 11) is -2.95. The standard InChI is InChI=1S/C15H31N3O4S.HI/c1-3-16-15(17-7-4-9-22-13-14-5-6-14)18-8-10-21-11-12-23(2,19)20;/h14H,3-13H2,1-2H3,(H2,16,17,18);1H. The first-order chi connectivity index (χ1) is 11.0. The van der Waals surface area contributed by atoms with Crippen molar-refractivity contribution in [2.24, 2.45) is 10.9 Å². The largest absolute Gasteiger partial charge is 0.381 e. The maximum Gasteiger partial charge on any atom is 0.191 e. The number of sulfone groups is 1. The smallest absolute Gasteiger partial charge is 0.191 e. The third-order valence-corrected chi connectivity index (χ3v) is 4.16. The van der Waals surface area contributed by atoms with E-state index in [1.807, 2.05) is 6.92 Å². The van der Waals surface area contributed by atoms with Crippen LogP contribution in [0.3, 0.4) is 0 Å². The molecule has 0 bridgehead atoms. The van der Waals surface area contributed by atoms with E-state index in [4.69, 9.17) is 9.47 Å². The molecule has 0 saturated heterocycles. The monoisotopic (exact) mass is 477 g/mol. The second kappa shape index (κ2) is 14.1. The number of rotatable bonds is 13. The van der Waals surface area contributed by atoms with Crippen LogP contribution in [0, 0.1) is 5.92 Å². The van der Waals surface area contributed by atoms with Crippen LogP contribution < -0.4 is 10.6 Å². The van der Waals surface area contributed by atoms with Crippen LogP contribution in [0.2, 0.25) is 0 Å². The van der Waals surface area contributed by atoms with Crippen LogP contribution in [0.5, 0.6) is 0 Å². The highest BCUT2D eigenvalue weighted by atomic mass is 127. The lowest BCUT2D eigenvalue weighted by Gasteiger charge is -2.11. The second-order valence-corrected chi connectivity index (χ2v) is 8.06. The van der Waals surface area contributed by atoms with Gasteiger partial charge >= 0.3 is 0 Å². The van der Waals surface area contributed by atoms with Gasteiger partial charge in [0.25, 0.3) is 0 Å². The molecule has 24 heavy (non-hydrogen) atoms. The van der Waals surface area contributed by atoms with Gasteiger partial charge in [-0.3, -0.25) is 4.99 Å². The van der Waals surface area contributed by atoms with Crippen LogP contribution in [0.1, 0.15) is 26.2 Å². The number of halogens is 1. The van der Waals surface area contributed by atoms with Crippen molar-refractivity contribution in [3.05, 3.63) is 0 Å². The summed E-state index contributed by atoms with van der Waals surface area (Å²) in [5, 5.41) is 6.32. The van der Waals surface area contributed by atoms with Crippen LogP contribution in [0.4, 0.5) is 0 Å². The Balaban J connectivity index is 0.00000529.